The smallest absolute Gasteiger partial charge is 0.311 e. The van der Waals surface area contributed by atoms with E-state index in [4.69, 9.17) is 0 Å². The first-order valence-corrected chi connectivity index (χ1v) is 9.73. The van der Waals surface area contributed by atoms with Crippen molar-refractivity contribution < 1.29 is 19.8 Å². The Morgan fingerprint density at radius 1 is 1.25 bits per heavy atom. The van der Waals surface area contributed by atoms with E-state index in [2.05, 4.69) is 18.9 Å². The van der Waals surface area contributed by atoms with Crippen LogP contribution in [0.15, 0.2) is 30.5 Å². The van der Waals surface area contributed by atoms with Crippen LogP contribution in [-0.2, 0) is 4.79 Å². The van der Waals surface area contributed by atoms with Crippen LogP contribution in [0.5, 0.6) is 5.75 Å². The van der Waals surface area contributed by atoms with Gasteiger partial charge in [-0.25, -0.2) is 4.68 Å². The summed E-state index contributed by atoms with van der Waals surface area (Å²) in [7, 11) is 0. The van der Waals surface area contributed by atoms with Gasteiger partial charge < -0.3 is 15.1 Å². The third kappa shape index (κ3) is 2.85. The number of aromatic nitrogens is 2. The van der Waals surface area contributed by atoms with Gasteiger partial charge in [0.15, 0.2) is 11.4 Å². The van der Waals surface area contributed by atoms with Crippen LogP contribution >= 0.6 is 0 Å². The molecular formula is C21H25N3O4. The van der Waals surface area contributed by atoms with E-state index >= 15 is 0 Å². The third-order valence-electron chi connectivity index (χ3n) is 6.31. The second-order valence-electron chi connectivity index (χ2n) is 8.29. The summed E-state index contributed by atoms with van der Waals surface area (Å²) in [6.45, 7) is 4.81. The predicted octanol–water partition coefficient (Wildman–Crippen LogP) is 3.03. The van der Waals surface area contributed by atoms with Gasteiger partial charge >= 0.3 is 5.97 Å². The number of hydrogen-bond donors (Lipinski definition) is 2. The van der Waals surface area contributed by atoms with Crippen molar-refractivity contribution in [2.75, 3.05) is 13.1 Å². The van der Waals surface area contributed by atoms with Gasteiger partial charge in [0.25, 0.3) is 5.91 Å². The molecule has 2 N–H and O–H groups in total. The van der Waals surface area contributed by atoms with E-state index in [0.717, 1.165) is 18.5 Å². The van der Waals surface area contributed by atoms with E-state index in [1.54, 1.807) is 0 Å². The fourth-order valence-electron chi connectivity index (χ4n) is 4.60. The fourth-order valence-corrected chi connectivity index (χ4v) is 4.60. The lowest BCUT2D eigenvalue weighted by Gasteiger charge is -2.23. The van der Waals surface area contributed by atoms with Crippen LogP contribution in [0.4, 0.5) is 0 Å². The Morgan fingerprint density at radius 3 is 2.57 bits per heavy atom. The molecule has 1 saturated heterocycles. The number of amides is 1. The Bertz CT molecular complexity index is 918. The zero-order valence-electron chi connectivity index (χ0n) is 16.1. The number of carbonyl (C=O) groups excluding carboxylic acids is 1. The Morgan fingerprint density at radius 2 is 1.96 bits per heavy atom. The van der Waals surface area contributed by atoms with Crippen LogP contribution in [0.2, 0.25) is 0 Å². The Labute approximate surface area is 163 Å². The molecule has 4 rings (SSSR count). The molecule has 1 aliphatic carbocycles. The minimum Gasteiger partial charge on any atom is -0.504 e. The summed E-state index contributed by atoms with van der Waals surface area (Å²) in [5.41, 5.74) is 1.06. The van der Waals surface area contributed by atoms with Crippen molar-refractivity contribution in [1.82, 2.24) is 14.7 Å². The third-order valence-corrected chi connectivity index (χ3v) is 6.31. The Balaban J connectivity index is 1.57. The largest absolute Gasteiger partial charge is 0.504 e. The maximum atomic E-state index is 12.9. The van der Waals surface area contributed by atoms with Crippen molar-refractivity contribution in [3.63, 3.8) is 0 Å². The van der Waals surface area contributed by atoms with Crippen LogP contribution in [0.3, 0.4) is 0 Å². The second kappa shape index (κ2) is 6.65. The molecule has 2 atom stereocenters. The number of benzene rings is 1. The SMILES string of the molecule is CC(C)c1ccc(-n2cc(O)c(C(=O)N3C[C@@H]4CCC[C@@]4(C(=O)O)C3)n2)cc1. The van der Waals surface area contributed by atoms with Crippen molar-refractivity contribution in [2.45, 2.75) is 39.0 Å². The van der Waals surface area contributed by atoms with Crippen LogP contribution in [-0.4, -0.2) is 49.9 Å². The van der Waals surface area contributed by atoms with Gasteiger partial charge in [-0.3, -0.25) is 9.59 Å². The molecule has 0 unspecified atom stereocenters. The number of aromatic hydroxyl groups is 1. The maximum Gasteiger partial charge on any atom is 0.311 e. The van der Waals surface area contributed by atoms with Crippen molar-refractivity contribution in [1.29, 1.82) is 0 Å². The van der Waals surface area contributed by atoms with Crippen molar-refractivity contribution in [2.24, 2.45) is 11.3 Å². The lowest BCUT2D eigenvalue weighted by Crippen LogP contribution is -2.37. The molecular weight excluding hydrogens is 358 g/mol. The average molecular weight is 383 g/mol. The van der Waals surface area contributed by atoms with Crippen molar-refractivity contribution in [3.8, 4) is 11.4 Å². The molecule has 7 heteroatoms. The number of rotatable bonds is 4. The Hall–Kier alpha value is -2.83. The van der Waals surface area contributed by atoms with Crippen molar-refractivity contribution in [3.05, 3.63) is 41.7 Å². The highest BCUT2D eigenvalue weighted by molar-refractivity contribution is 5.95. The number of carbonyl (C=O) groups is 2. The minimum atomic E-state index is -0.847. The maximum absolute atomic E-state index is 12.9. The number of carboxylic acid groups (broad SMARTS) is 1. The highest BCUT2D eigenvalue weighted by Gasteiger charge is 2.56. The molecule has 2 fully saturated rings. The summed E-state index contributed by atoms with van der Waals surface area (Å²) in [6.07, 6.45) is 3.71. The first kappa shape index (κ1) is 18.5. The predicted molar refractivity (Wildman–Crippen MR) is 103 cm³/mol. The van der Waals surface area contributed by atoms with Crippen LogP contribution in [0, 0.1) is 11.3 Å². The number of fused-ring (bicyclic) bond motifs is 1. The number of likely N-dealkylation sites (tertiary alicyclic amines) is 1. The number of carboxylic acids is 1. The molecule has 0 radical (unpaired) electrons. The molecule has 7 nitrogen and oxygen atoms in total. The first-order valence-electron chi connectivity index (χ1n) is 9.73. The fraction of sp³-hybridized carbons (Fsp3) is 0.476. The van der Waals surface area contributed by atoms with Gasteiger partial charge in [0.1, 0.15) is 0 Å². The standard InChI is InChI=1S/C21H25N3O4/c1-13(2)14-5-7-16(8-6-14)24-11-17(25)18(22-24)19(26)23-10-15-4-3-9-21(15,12-23)20(27)28/h5-8,11,13,15,25H,3-4,9-10,12H2,1-2H3,(H,27,28)/t15-,21+/m0/s1. The van der Waals surface area contributed by atoms with E-state index < -0.39 is 17.3 Å². The lowest BCUT2D eigenvalue weighted by atomic mass is 9.81. The second-order valence-corrected chi connectivity index (χ2v) is 8.29. The molecule has 1 amide bonds. The van der Waals surface area contributed by atoms with E-state index in [1.165, 1.54) is 21.3 Å². The summed E-state index contributed by atoms with van der Waals surface area (Å²) in [4.78, 5) is 26.3. The van der Waals surface area contributed by atoms with E-state index in [0.29, 0.717) is 18.9 Å². The summed E-state index contributed by atoms with van der Waals surface area (Å²) in [5.74, 6) is -1.05. The van der Waals surface area contributed by atoms with Gasteiger partial charge in [-0.1, -0.05) is 32.4 Å². The average Bonchev–Trinajstić information content (AvgIpc) is 3.33. The van der Waals surface area contributed by atoms with Gasteiger partial charge in [-0.15, -0.1) is 0 Å². The molecule has 1 aromatic heterocycles. The van der Waals surface area contributed by atoms with Gasteiger partial charge in [-0.2, -0.15) is 5.10 Å². The topological polar surface area (TPSA) is 95.7 Å². The molecule has 0 spiro atoms. The molecule has 2 aromatic rings. The van der Waals surface area contributed by atoms with Gasteiger partial charge in [0.2, 0.25) is 0 Å². The summed E-state index contributed by atoms with van der Waals surface area (Å²) in [5, 5.41) is 24.3. The number of nitrogens with zero attached hydrogens (tertiary/aromatic N) is 3. The summed E-state index contributed by atoms with van der Waals surface area (Å²) < 4.78 is 1.48. The quantitative estimate of drug-likeness (QED) is 0.846. The Kier molecular flexibility index (Phi) is 4.40. The monoisotopic (exact) mass is 383 g/mol. The molecule has 2 aliphatic rings. The molecule has 28 heavy (non-hydrogen) atoms. The van der Waals surface area contributed by atoms with Crippen LogP contribution < -0.4 is 0 Å². The van der Waals surface area contributed by atoms with E-state index in [-0.39, 0.29) is 23.9 Å². The zero-order valence-corrected chi connectivity index (χ0v) is 16.1. The summed E-state index contributed by atoms with van der Waals surface area (Å²) in [6, 6.07) is 7.79. The van der Waals surface area contributed by atoms with Gasteiger partial charge in [-0.05, 0) is 42.4 Å². The number of aliphatic carboxylic acids is 1. The molecule has 0 bridgehead atoms. The highest BCUT2D eigenvalue weighted by atomic mass is 16.4. The van der Waals surface area contributed by atoms with Gasteiger partial charge in [0, 0.05) is 13.1 Å². The lowest BCUT2D eigenvalue weighted by molar-refractivity contribution is -0.149. The molecule has 148 valence electrons. The normalized spacial score (nSPS) is 24.0. The molecule has 1 aromatic carbocycles. The summed E-state index contributed by atoms with van der Waals surface area (Å²) >= 11 is 0. The number of hydrogen-bond acceptors (Lipinski definition) is 4. The van der Waals surface area contributed by atoms with Crippen molar-refractivity contribution >= 4 is 11.9 Å². The first-order chi connectivity index (χ1) is 13.3. The van der Waals surface area contributed by atoms with Crippen LogP contribution in [0.25, 0.3) is 5.69 Å². The van der Waals surface area contributed by atoms with E-state index in [1.807, 2.05) is 24.3 Å². The minimum absolute atomic E-state index is 0.0262. The van der Waals surface area contributed by atoms with Crippen LogP contribution in [0.1, 0.15) is 55.1 Å². The molecule has 1 saturated carbocycles. The van der Waals surface area contributed by atoms with Gasteiger partial charge in [0.05, 0.1) is 17.3 Å². The molecule has 2 heterocycles. The van der Waals surface area contributed by atoms with E-state index in [9.17, 15) is 19.8 Å². The zero-order chi connectivity index (χ0) is 20.1. The molecule has 1 aliphatic heterocycles. The highest BCUT2D eigenvalue weighted by Crippen LogP contribution is 2.49.